The summed E-state index contributed by atoms with van der Waals surface area (Å²) in [6.07, 6.45) is 9.31. The van der Waals surface area contributed by atoms with Crippen molar-refractivity contribution in [2.24, 2.45) is 5.92 Å². The summed E-state index contributed by atoms with van der Waals surface area (Å²) in [7, 11) is 0. The minimum Gasteiger partial charge on any atom is -0.103 e. The van der Waals surface area contributed by atoms with Crippen LogP contribution in [-0.2, 0) is 0 Å². The van der Waals surface area contributed by atoms with Crippen molar-refractivity contribution in [3.63, 3.8) is 0 Å². The van der Waals surface area contributed by atoms with Crippen LogP contribution in [0, 0.1) is 5.92 Å². The Labute approximate surface area is 132 Å². The molecule has 2 aromatic rings. The second-order valence-corrected chi connectivity index (χ2v) is 5.48. The zero-order valence-electron chi connectivity index (χ0n) is 12.7. The summed E-state index contributed by atoms with van der Waals surface area (Å²) in [5, 5.41) is 0. The second kappa shape index (κ2) is 6.44. The van der Waals surface area contributed by atoms with Crippen LogP contribution < -0.4 is 0 Å². The SMILES string of the molecule is C=C/C=C1\c2ccccc2C(c2ccccc2)=CC1CC=C. The largest absolute Gasteiger partial charge is 0.103 e. The van der Waals surface area contributed by atoms with Gasteiger partial charge in [0, 0.05) is 5.92 Å². The Morgan fingerprint density at radius 3 is 2.23 bits per heavy atom. The van der Waals surface area contributed by atoms with Crippen molar-refractivity contribution in [1.29, 1.82) is 0 Å². The smallest absolute Gasteiger partial charge is 0.00679 e. The van der Waals surface area contributed by atoms with Gasteiger partial charge in [-0.25, -0.2) is 0 Å². The summed E-state index contributed by atoms with van der Waals surface area (Å²) in [6.45, 7) is 7.80. The average molecular weight is 284 g/mol. The number of benzene rings is 2. The number of hydrogen-bond donors (Lipinski definition) is 0. The van der Waals surface area contributed by atoms with Gasteiger partial charge >= 0.3 is 0 Å². The first-order chi connectivity index (χ1) is 10.8. The molecular weight excluding hydrogens is 264 g/mol. The van der Waals surface area contributed by atoms with Crippen LogP contribution in [0.25, 0.3) is 11.1 Å². The standard InChI is InChI=1S/C22H20/c1-3-10-18-16-22(17-12-6-5-7-13-17)21-15-9-8-14-20(21)19(18)11-4-2/h3-9,11-16,18H,1-2,10H2/b19-11-. The molecule has 1 aliphatic carbocycles. The first-order valence-electron chi connectivity index (χ1n) is 7.65. The predicted molar refractivity (Wildman–Crippen MR) is 96.4 cm³/mol. The van der Waals surface area contributed by atoms with Gasteiger partial charge in [-0.3, -0.25) is 0 Å². The first kappa shape index (κ1) is 14.3. The van der Waals surface area contributed by atoms with E-state index in [4.69, 9.17) is 0 Å². The summed E-state index contributed by atoms with van der Waals surface area (Å²) in [6, 6.07) is 19.2. The van der Waals surface area contributed by atoms with Crippen molar-refractivity contribution in [3.05, 3.63) is 109 Å². The van der Waals surface area contributed by atoms with Crippen LogP contribution >= 0.6 is 0 Å². The fraction of sp³-hybridized carbons (Fsp3) is 0.0909. The van der Waals surface area contributed by atoms with E-state index in [1.165, 1.54) is 27.8 Å². The van der Waals surface area contributed by atoms with Crippen molar-refractivity contribution < 1.29 is 0 Å². The average Bonchev–Trinajstić information content (AvgIpc) is 2.58. The molecule has 2 aromatic carbocycles. The number of allylic oxidation sites excluding steroid dienone is 5. The monoisotopic (exact) mass is 284 g/mol. The molecule has 0 nitrogen and oxygen atoms in total. The highest BCUT2D eigenvalue weighted by Crippen LogP contribution is 2.41. The zero-order valence-corrected chi connectivity index (χ0v) is 12.7. The number of hydrogen-bond acceptors (Lipinski definition) is 0. The van der Waals surface area contributed by atoms with Crippen LogP contribution in [0.4, 0.5) is 0 Å². The van der Waals surface area contributed by atoms with Gasteiger partial charge in [-0.05, 0) is 34.3 Å². The Bertz CT molecular complexity index is 745. The Hall–Kier alpha value is -2.60. The van der Waals surface area contributed by atoms with Crippen LogP contribution in [0.5, 0.6) is 0 Å². The van der Waals surface area contributed by atoms with Crippen molar-refractivity contribution in [2.45, 2.75) is 6.42 Å². The van der Waals surface area contributed by atoms with E-state index < -0.39 is 0 Å². The third-order valence-electron chi connectivity index (χ3n) is 4.10. The molecule has 0 aliphatic heterocycles. The van der Waals surface area contributed by atoms with Gasteiger partial charge in [-0.1, -0.05) is 85.5 Å². The van der Waals surface area contributed by atoms with E-state index >= 15 is 0 Å². The Morgan fingerprint density at radius 2 is 1.55 bits per heavy atom. The fourth-order valence-corrected chi connectivity index (χ4v) is 3.13. The van der Waals surface area contributed by atoms with Crippen molar-refractivity contribution in [1.82, 2.24) is 0 Å². The molecule has 0 amide bonds. The quantitative estimate of drug-likeness (QED) is 0.614. The van der Waals surface area contributed by atoms with E-state index in [-0.39, 0.29) is 0 Å². The van der Waals surface area contributed by atoms with Gasteiger partial charge < -0.3 is 0 Å². The lowest BCUT2D eigenvalue weighted by Crippen LogP contribution is -2.09. The summed E-state index contributed by atoms with van der Waals surface area (Å²) in [4.78, 5) is 0. The fourth-order valence-electron chi connectivity index (χ4n) is 3.13. The Balaban J connectivity index is 2.22. The minimum atomic E-state index is 0.348. The molecule has 1 aliphatic rings. The van der Waals surface area contributed by atoms with Gasteiger partial charge in [0.2, 0.25) is 0 Å². The molecule has 0 radical (unpaired) electrons. The van der Waals surface area contributed by atoms with Crippen LogP contribution in [0.15, 0.2) is 92.1 Å². The highest BCUT2D eigenvalue weighted by atomic mass is 14.3. The molecule has 0 heteroatoms. The van der Waals surface area contributed by atoms with E-state index in [9.17, 15) is 0 Å². The van der Waals surface area contributed by atoms with Gasteiger partial charge in [0.1, 0.15) is 0 Å². The van der Waals surface area contributed by atoms with E-state index in [1.54, 1.807) is 0 Å². The Morgan fingerprint density at radius 1 is 0.864 bits per heavy atom. The van der Waals surface area contributed by atoms with E-state index in [1.807, 2.05) is 12.2 Å². The molecule has 0 N–H and O–H groups in total. The lowest BCUT2D eigenvalue weighted by atomic mass is 9.77. The van der Waals surface area contributed by atoms with Gasteiger partial charge in [-0.15, -0.1) is 6.58 Å². The van der Waals surface area contributed by atoms with Gasteiger partial charge in [0.05, 0.1) is 0 Å². The normalized spacial score (nSPS) is 18.5. The van der Waals surface area contributed by atoms with E-state index in [2.05, 4.69) is 79.9 Å². The highest BCUT2D eigenvalue weighted by Gasteiger charge is 2.23. The maximum Gasteiger partial charge on any atom is 0.00679 e. The molecular formula is C22H20. The lowest BCUT2D eigenvalue weighted by Gasteiger charge is -2.27. The molecule has 3 rings (SSSR count). The number of rotatable bonds is 4. The summed E-state index contributed by atoms with van der Waals surface area (Å²) < 4.78 is 0. The molecule has 1 unspecified atom stereocenters. The highest BCUT2D eigenvalue weighted by molar-refractivity contribution is 5.92. The molecule has 0 fully saturated rings. The molecule has 108 valence electrons. The molecule has 22 heavy (non-hydrogen) atoms. The van der Waals surface area contributed by atoms with E-state index in [0.29, 0.717) is 5.92 Å². The summed E-state index contributed by atoms with van der Waals surface area (Å²) in [5.41, 5.74) is 6.49. The van der Waals surface area contributed by atoms with Gasteiger partial charge in [0.25, 0.3) is 0 Å². The third-order valence-corrected chi connectivity index (χ3v) is 4.10. The zero-order chi connectivity index (χ0) is 15.4. The molecule has 0 aromatic heterocycles. The van der Waals surface area contributed by atoms with Crippen molar-refractivity contribution in [2.75, 3.05) is 0 Å². The predicted octanol–water partition coefficient (Wildman–Crippen LogP) is 5.89. The van der Waals surface area contributed by atoms with Gasteiger partial charge in [0.15, 0.2) is 0 Å². The second-order valence-electron chi connectivity index (χ2n) is 5.48. The molecule has 1 atom stereocenters. The molecule has 0 saturated carbocycles. The Kier molecular flexibility index (Phi) is 4.20. The third kappa shape index (κ3) is 2.60. The van der Waals surface area contributed by atoms with Crippen LogP contribution in [0.3, 0.4) is 0 Å². The van der Waals surface area contributed by atoms with Crippen molar-refractivity contribution in [3.8, 4) is 0 Å². The topological polar surface area (TPSA) is 0 Å². The molecule has 0 saturated heterocycles. The minimum absolute atomic E-state index is 0.348. The van der Waals surface area contributed by atoms with Crippen LogP contribution in [0.2, 0.25) is 0 Å². The molecule has 0 bridgehead atoms. The first-order valence-corrected chi connectivity index (χ1v) is 7.65. The molecule has 0 spiro atoms. The summed E-state index contributed by atoms with van der Waals surface area (Å²) >= 11 is 0. The number of fused-ring (bicyclic) bond motifs is 1. The molecule has 0 heterocycles. The van der Waals surface area contributed by atoms with Crippen LogP contribution in [0.1, 0.15) is 23.1 Å². The maximum atomic E-state index is 3.92. The van der Waals surface area contributed by atoms with Crippen LogP contribution in [-0.4, -0.2) is 0 Å². The van der Waals surface area contributed by atoms with E-state index in [0.717, 1.165) is 6.42 Å². The summed E-state index contributed by atoms with van der Waals surface area (Å²) in [5.74, 6) is 0.348. The lowest BCUT2D eigenvalue weighted by molar-refractivity contribution is 0.849. The van der Waals surface area contributed by atoms with Gasteiger partial charge in [-0.2, -0.15) is 0 Å². The maximum absolute atomic E-state index is 3.92. The van der Waals surface area contributed by atoms with Crippen molar-refractivity contribution >= 4 is 11.1 Å².